The van der Waals surface area contributed by atoms with Crippen LogP contribution in [0.25, 0.3) is 76.9 Å². The first-order valence-electron chi connectivity index (χ1n) is 17.4. The van der Waals surface area contributed by atoms with Crippen LogP contribution in [-0.4, -0.2) is 0 Å². The standard InChI is InChI=1S/C45H31N3O3/c1-2-11-26(12-3-1)43-46-44(32-17-10-22-39-41(32)31-14-5-7-20-36(31)50-39)48-45(47-43)33-18-8-16-29-34-25-27(23-24-37(34)51-42(29)33)28-15-9-21-38-40(28)30-13-4-6-19-35(30)49-38/h1-25,43-48H. The van der Waals surface area contributed by atoms with E-state index in [1.165, 1.54) is 0 Å². The molecule has 6 nitrogen and oxygen atoms in total. The monoisotopic (exact) mass is 661 g/mol. The molecular formula is C45H31N3O3. The van der Waals surface area contributed by atoms with Crippen LogP contribution in [-0.2, 0) is 0 Å². The van der Waals surface area contributed by atoms with Crippen LogP contribution in [0.4, 0.5) is 0 Å². The van der Waals surface area contributed by atoms with E-state index in [9.17, 15) is 0 Å². The summed E-state index contributed by atoms with van der Waals surface area (Å²) >= 11 is 0. The number of hydrogen-bond donors (Lipinski definition) is 3. The van der Waals surface area contributed by atoms with E-state index in [0.29, 0.717) is 0 Å². The lowest BCUT2D eigenvalue weighted by atomic mass is 9.97. The van der Waals surface area contributed by atoms with Crippen molar-refractivity contribution in [2.24, 2.45) is 0 Å². The Labute approximate surface area is 292 Å². The summed E-state index contributed by atoms with van der Waals surface area (Å²) in [6.45, 7) is 0. The molecule has 1 aliphatic heterocycles. The fraction of sp³-hybridized carbons (Fsp3) is 0.0667. The van der Waals surface area contributed by atoms with Gasteiger partial charge in [0.05, 0.1) is 18.5 Å². The van der Waals surface area contributed by atoms with Crippen LogP contribution in [0.3, 0.4) is 0 Å². The molecule has 0 aliphatic carbocycles. The third-order valence-electron chi connectivity index (χ3n) is 10.4. The van der Waals surface area contributed by atoms with Crippen LogP contribution in [0.5, 0.6) is 0 Å². The van der Waals surface area contributed by atoms with Gasteiger partial charge in [-0.3, -0.25) is 16.0 Å². The second kappa shape index (κ2) is 11.2. The number of hydrogen-bond acceptors (Lipinski definition) is 6. The summed E-state index contributed by atoms with van der Waals surface area (Å²) in [4.78, 5) is 0. The molecule has 0 spiro atoms. The summed E-state index contributed by atoms with van der Waals surface area (Å²) < 4.78 is 19.2. The van der Waals surface area contributed by atoms with Crippen molar-refractivity contribution in [3.05, 3.63) is 168 Å². The van der Waals surface area contributed by atoms with Gasteiger partial charge in [0.15, 0.2) is 0 Å². The fourth-order valence-corrected chi connectivity index (χ4v) is 8.11. The highest BCUT2D eigenvalue weighted by molar-refractivity contribution is 6.14. The Morgan fingerprint density at radius 2 is 0.941 bits per heavy atom. The minimum Gasteiger partial charge on any atom is -0.456 e. The average molecular weight is 662 g/mol. The molecule has 11 rings (SSSR count). The summed E-state index contributed by atoms with van der Waals surface area (Å²) in [6.07, 6.45) is -0.556. The minimum atomic E-state index is -0.232. The van der Waals surface area contributed by atoms with E-state index in [-0.39, 0.29) is 18.5 Å². The Morgan fingerprint density at radius 1 is 0.373 bits per heavy atom. The predicted octanol–water partition coefficient (Wildman–Crippen LogP) is 11.2. The van der Waals surface area contributed by atoms with Gasteiger partial charge in [0.1, 0.15) is 33.5 Å². The molecule has 0 amide bonds. The van der Waals surface area contributed by atoms with Crippen molar-refractivity contribution >= 4 is 65.8 Å². The van der Waals surface area contributed by atoms with Gasteiger partial charge in [-0.2, -0.15) is 0 Å². The van der Waals surface area contributed by atoms with Gasteiger partial charge in [-0.15, -0.1) is 0 Å². The number of benzene rings is 7. The third kappa shape index (κ3) is 4.48. The predicted molar refractivity (Wildman–Crippen MR) is 204 cm³/mol. The molecule has 3 atom stereocenters. The number of furan rings is 3. The number of rotatable bonds is 4. The number of para-hydroxylation sites is 3. The van der Waals surface area contributed by atoms with Crippen LogP contribution in [0.2, 0.25) is 0 Å². The first-order valence-corrected chi connectivity index (χ1v) is 17.4. The van der Waals surface area contributed by atoms with Gasteiger partial charge in [0.2, 0.25) is 0 Å². The molecule has 244 valence electrons. The Kier molecular flexibility index (Phi) is 6.27. The van der Waals surface area contributed by atoms with Crippen LogP contribution in [0.1, 0.15) is 35.2 Å². The van der Waals surface area contributed by atoms with E-state index in [4.69, 9.17) is 13.3 Å². The molecule has 3 aromatic heterocycles. The van der Waals surface area contributed by atoms with E-state index in [1.54, 1.807) is 0 Å². The normalized spacial score (nSPS) is 18.2. The molecule has 51 heavy (non-hydrogen) atoms. The molecule has 1 fully saturated rings. The quantitative estimate of drug-likeness (QED) is 0.174. The molecule has 3 unspecified atom stereocenters. The number of nitrogens with one attached hydrogen (secondary N) is 3. The van der Waals surface area contributed by atoms with E-state index >= 15 is 0 Å². The fourth-order valence-electron chi connectivity index (χ4n) is 8.11. The zero-order valence-electron chi connectivity index (χ0n) is 27.4. The molecule has 10 aromatic rings. The molecule has 6 heteroatoms. The molecule has 3 N–H and O–H groups in total. The molecule has 0 bridgehead atoms. The van der Waals surface area contributed by atoms with Gasteiger partial charge in [-0.1, -0.05) is 115 Å². The summed E-state index contributed by atoms with van der Waals surface area (Å²) in [5.41, 5.74) is 10.8. The first-order chi connectivity index (χ1) is 25.3. The molecule has 4 heterocycles. The maximum atomic E-state index is 6.73. The lowest BCUT2D eigenvalue weighted by molar-refractivity contribution is 0.204. The van der Waals surface area contributed by atoms with E-state index in [0.717, 1.165) is 93.6 Å². The van der Waals surface area contributed by atoms with Crippen molar-refractivity contribution in [1.82, 2.24) is 16.0 Å². The smallest absolute Gasteiger partial charge is 0.141 e. The average Bonchev–Trinajstić information content (AvgIpc) is 3.89. The molecule has 7 aromatic carbocycles. The minimum absolute atomic E-state index is 0.132. The molecule has 1 saturated heterocycles. The van der Waals surface area contributed by atoms with Crippen molar-refractivity contribution in [2.75, 3.05) is 0 Å². The van der Waals surface area contributed by atoms with Crippen LogP contribution < -0.4 is 16.0 Å². The van der Waals surface area contributed by atoms with Gasteiger partial charge < -0.3 is 13.3 Å². The van der Waals surface area contributed by atoms with E-state index in [2.05, 4.69) is 131 Å². The van der Waals surface area contributed by atoms with Gasteiger partial charge in [-0.05, 0) is 58.7 Å². The molecule has 0 radical (unpaired) electrons. The van der Waals surface area contributed by atoms with Gasteiger partial charge in [-0.25, -0.2) is 0 Å². The van der Waals surface area contributed by atoms with Crippen LogP contribution in [0, 0.1) is 0 Å². The Morgan fingerprint density at radius 3 is 1.75 bits per heavy atom. The van der Waals surface area contributed by atoms with Crippen LogP contribution in [0.15, 0.2) is 165 Å². The highest BCUT2D eigenvalue weighted by Crippen LogP contribution is 2.41. The second-order valence-electron chi connectivity index (χ2n) is 13.3. The molecule has 1 aliphatic rings. The summed E-state index contributed by atoms with van der Waals surface area (Å²) in [6, 6.07) is 52.6. The maximum Gasteiger partial charge on any atom is 0.141 e. The lowest BCUT2D eigenvalue weighted by Gasteiger charge is -2.39. The zero-order chi connectivity index (χ0) is 33.5. The van der Waals surface area contributed by atoms with Crippen molar-refractivity contribution < 1.29 is 13.3 Å². The van der Waals surface area contributed by atoms with Crippen molar-refractivity contribution in [1.29, 1.82) is 0 Å². The van der Waals surface area contributed by atoms with Crippen molar-refractivity contribution in [3.63, 3.8) is 0 Å². The summed E-state index contributed by atoms with van der Waals surface area (Å²) in [7, 11) is 0. The van der Waals surface area contributed by atoms with Gasteiger partial charge in [0, 0.05) is 37.9 Å². The first kappa shape index (κ1) is 28.6. The van der Waals surface area contributed by atoms with Crippen molar-refractivity contribution in [3.8, 4) is 11.1 Å². The summed E-state index contributed by atoms with van der Waals surface area (Å²) in [5, 5.41) is 18.2. The third-order valence-corrected chi connectivity index (χ3v) is 10.4. The largest absolute Gasteiger partial charge is 0.456 e. The zero-order valence-corrected chi connectivity index (χ0v) is 27.4. The van der Waals surface area contributed by atoms with E-state index in [1.807, 2.05) is 36.4 Å². The summed E-state index contributed by atoms with van der Waals surface area (Å²) in [5.74, 6) is 0. The number of fused-ring (bicyclic) bond motifs is 9. The molecular weight excluding hydrogens is 631 g/mol. The Hall–Kier alpha value is -6.18. The molecule has 0 saturated carbocycles. The second-order valence-corrected chi connectivity index (χ2v) is 13.3. The highest BCUT2D eigenvalue weighted by Gasteiger charge is 2.33. The topological polar surface area (TPSA) is 75.5 Å². The lowest BCUT2D eigenvalue weighted by Crippen LogP contribution is -2.54. The van der Waals surface area contributed by atoms with Gasteiger partial charge >= 0.3 is 0 Å². The Balaban J connectivity index is 1.05. The van der Waals surface area contributed by atoms with Gasteiger partial charge in [0.25, 0.3) is 0 Å². The highest BCUT2D eigenvalue weighted by atomic mass is 16.3. The SMILES string of the molecule is c1ccc(C2NC(c3cccc4c3oc3ccc(-c5cccc6oc7ccccc7c56)cc34)NC(c3cccc4oc5ccccc5c34)N2)cc1. The maximum absolute atomic E-state index is 6.73. The van der Waals surface area contributed by atoms with Crippen molar-refractivity contribution in [2.45, 2.75) is 18.5 Å². The van der Waals surface area contributed by atoms with Crippen LogP contribution >= 0.6 is 0 Å². The van der Waals surface area contributed by atoms with E-state index < -0.39 is 0 Å². The Bertz CT molecular complexity index is 2940.